The molecule has 7 nitrogen and oxygen atoms in total. The van der Waals surface area contributed by atoms with Crippen LogP contribution in [0.4, 0.5) is 0 Å². The first-order valence-electron chi connectivity index (χ1n) is 8.13. The van der Waals surface area contributed by atoms with Crippen LogP contribution in [0, 0.1) is 11.3 Å². The summed E-state index contributed by atoms with van der Waals surface area (Å²) in [4.78, 5) is 11.7. The van der Waals surface area contributed by atoms with Gasteiger partial charge in [0.25, 0.3) is 0 Å². The molecule has 1 N–H and O–H groups in total. The molecule has 1 atom stereocenters. The van der Waals surface area contributed by atoms with Crippen LogP contribution in [0.15, 0.2) is 55.2 Å². The fourth-order valence-corrected chi connectivity index (χ4v) is 3.01. The highest BCUT2D eigenvalue weighted by molar-refractivity contribution is 5.89. The molecule has 0 saturated heterocycles. The van der Waals surface area contributed by atoms with Crippen LogP contribution in [-0.2, 0) is 0 Å². The average Bonchev–Trinajstić information content (AvgIpc) is 3.35. The van der Waals surface area contributed by atoms with E-state index in [9.17, 15) is 5.26 Å². The first-order chi connectivity index (χ1) is 12.8. The van der Waals surface area contributed by atoms with Crippen molar-refractivity contribution < 1.29 is 4.74 Å². The van der Waals surface area contributed by atoms with Gasteiger partial charge < -0.3 is 9.72 Å². The number of H-pyrrole nitrogens is 1. The zero-order valence-corrected chi connectivity index (χ0v) is 14.1. The lowest BCUT2D eigenvalue weighted by Crippen LogP contribution is -2.10. The topological polar surface area (TPSA) is 92.4 Å². The molecule has 4 aromatic rings. The van der Waals surface area contributed by atoms with Crippen LogP contribution in [0.5, 0.6) is 5.75 Å². The van der Waals surface area contributed by atoms with Gasteiger partial charge in [0, 0.05) is 23.3 Å². The minimum absolute atomic E-state index is 0.178. The van der Waals surface area contributed by atoms with E-state index < -0.39 is 0 Å². The molecule has 0 spiro atoms. The zero-order valence-electron chi connectivity index (χ0n) is 14.1. The van der Waals surface area contributed by atoms with E-state index in [-0.39, 0.29) is 6.04 Å². The standard InChI is InChI=1S/C19H16N6O/c1-26-15-4-2-13(3-5-15)17(6-8-20)25-11-14(10-24-25)18-16-7-9-21-19(16)23-12-22-18/h2-5,7,9-12,17H,6H2,1H3,(H,21,22,23). The number of aromatic amines is 1. The molecule has 0 aliphatic rings. The molecule has 3 heterocycles. The van der Waals surface area contributed by atoms with Crippen LogP contribution in [-0.4, -0.2) is 31.8 Å². The number of hydrogen-bond donors (Lipinski definition) is 1. The summed E-state index contributed by atoms with van der Waals surface area (Å²) in [6.45, 7) is 0. The van der Waals surface area contributed by atoms with E-state index in [4.69, 9.17) is 4.74 Å². The van der Waals surface area contributed by atoms with E-state index in [1.807, 2.05) is 42.7 Å². The molecule has 128 valence electrons. The van der Waals surface area contributed by atoms with E-state index in [1.54, 1.807) is 18.0 Å². The van der Waals surface area contributed by atoms with Gasteiger partial charge in [0.05, 0.1) is 37.5 Å². The van der Waals surface area contributed by atoms with Gasteiger partial charge in [-0.25, -0.2) is 9.97 Å². The molecular weight excluding hydrogens is 328 g/mol. The third kappa shape index (κ3) is 2.78. The van der Waals surface area contributed by atoms with Crippen LogP contribution >= 0.6 is 0 Å². The minimum Gasteiger partial charge on any atom is -0.497 e. The molecule has 0 radical (unpaired) electrons. The van der Waals surface area contributed by atoms with Gasteiger partial charge in [-0.05, 0) is 23.8 Å². The number of benzene rings is 1. The Hall–Kier alpha value is -3.66. The third-order valence-corrected chi connectivity index (χ3v) is 4.33. The summed E-state index contributed by atoms with van der Waals surface area (Å²) >= 11 is 0. The van der Waals surface area contributed by atoms with Gasteiger partial charge in [0.15, 0.2) is 0 Å². The molecule has 7 heteroatoms. The molecule has 0 aliphatic heterocycles. The molecular formula is C19H16N6O. The Labute approximate surface area is 149 Å². The molecule has 0 saturated carbocycles. The number of aromatic nitrogens is 5. The van der Waals surface area contributed by atoms with Crippen molar-refractivity contribution in [2.45, 2.75) is 12.5 Å². The van der Waals surface area contributed by atoms with Crippen LogP contribution in [0.3, 0.4) is 0 Å². The van der Waals surface area contributed by atoms with Gasteiger partial charge in [-0.2, -0.15) is 10.4 Å². The SMILES string of the molecule is COc1ccc(C(CC#N)n2cc(-c3ncnc4[nH]ccc34)cn2)cc1. The summed E-state index contributed by atoms with van der Waals surface area (Å²) in [5, 5.41) is 14.7. The fourth-order valence-electron chi connectivity index (χ4n) is 3.01. The number of nitrogens with zero attached hydrogens (tertiary/aromatic N) is 5. The number of methoxy groups -OCH3 is 1. The molecule has 0 aliphatic carbocycles. The molecule has 4 rings (SSSR count). The van der Waals surface area contributed by atoms with Crippen molar-refractivity contribution in [3.63, 3.8) is 0 Å². The summed E-state index contributed by atoms with van der Waals surface area (Å²) in [6, 6.07) is 11.7. The maximum absolute atomic E-state index is 9.26. The highest BCUT2D eigenvalue weighted by Crippen LogP contribution is 2.28. The Kier molecular flexibility index (Phi) is 4.07. The monoisotopic (exact) mass is 344 g/mol. The Bertz CT molecular complexity index is 1070. The number of rotatable bonds is 5. The molecule has 0 fully saturated rings. The van der Waals surface area contributed by atoms with Crippen LogP contribution < -0.4 is 4.74 Å². The van der Waals surface area contributed by atoms with E-state index in [1.165, 1.54) is 6.33 Å². The first kappa shape index (κ1) is 15.8. The van der Waals surface area contributed by atoms with Gasteiger partial charge in [0.1, 0.15) is 17.7 Å². The largest absolute Gasteiger partial charge is 0.497 e. The predicted octanol–water partition coefficient (Wildman–Crippen LogP) is 3.33. The second kappa shape index (κ2) is 6.69. The van der Waals surface area contributed by atoms with Crippen LogP contribution in [0.2, 0.25) is 0 Å². The first-order valence-corrected chi connectivity index (χ1v) is 8.13. The number of ether oxygens (including phenoxy) is 1. The summed E-state index contributed by atoms with van der Waals surface area (Å²) < 4.78 is 7.01. The van der Waals surface area contributed by atoms with Crippen molar-refractivity contribution in [2.75, 3.05) is 7.11 Å². The molecule has 3 aromatic heterocycles. The van der Waals surface area contributed by atoms with E-state index in [0.717, 1.165) is 33.6 Å². The summed E-state index contributed by atoms with van der Waals surface area (Å²) in [6.07, 6.45) is 7.37. The number of nitriles is 1. The number of nitrogens with one attached hydrogen (secondary N) is 1. The predicted molar refractivity (Wildman–Crippen MR) is 96.5 cm³/mol. The van der Waals surface area contributed by atoms with Crippen LogP contribution in [0.1, 0.15) is 18.0 Å². The minimum atomic E-state index is -0.178. The lowest BCUT2D eigenvalue weighted by atomic mass is 10.0. The highest BCUT2D eigenvalue weighted by atomic mass is 16.5. The van der Waals surface area contributed by atoms with Crippen molar-refractivity contribution in [3.8, 4) is 23.1 Å². The second-order valence-corrected chi connectivity index (χ2v) is 5.82. The zero-order chi connectivity index (χ0) is 17.9. The Balaban J connectivity index is 1.72. The lowest BCUT2D eigenvalue weighted by molar-refractivity contribution is 0.414. The van der Waals surface area contributed by atoms with Crippen molar-refractivity contribution in [2.24, 2.45) is 0 Å². The lowest BCUT2D eigenvalue weighted by Gasteiger charge is -2.15. The van der Waals surface area contributed by atoms with Gasteiger partial charge in [-0.15, -0.1) is 0 Å². The fraction of sp³-hybridized carbons (Fsp3) is 0.158. The number of hydrogen-bond acceptors (Lipinski definition) is 5. The van der Waals surface area contributed by atoms with Crippen molar-refractivity contribution in [1.82, 2.24) is 24.7 Å². The van der Waals surface area contributed by atoms with E-state index in [0.29, 0.717) is 6.42 Å². The van der Waals surface area contributed by atoms with Crippen molar-refractivity contribution in [1.29, 1.82) is 5.26 Å². The Morgan fingerprint density at radius 1 is 1.23 bits per heavy atom. The van der Waals surface area contributed by atoms with Gasteiger partial charge in [-0.1, -0.05) is 12.1 Å². The molecule has 0 bridgehead atoms. The molecule has 26 heavy (non-hydrogen) atoms. The van der Waals surface area contributed by atoms with E-state index in [2.05, 4.69) is 26.1 Å². The maximum atomic E-state index is 9.26. The Morgan fingerprint density at radius 2 is 2.08 bits per heavy atom. The molecule has 1 unspecified atom stereocenters. The average molecular weight is 344 g/mol. The van der Waals surface area contributed by atoms with Gasteiger partial charge >= 0.3 is 0 Å². The van der Waals surface area contributed by atoms with Crippen LogP contribution in [0.25, 0.3) is 22.3 Å². The summed E-state index contributed by atoms with van der Waals surface area (Å²) in [5.41, 5.74) is 3.48. The molecule has 0 amide bonds. The van der Waals surface area contributed by atoms with Crippen molar-refractivity contribution >= 4 is 11.0 Å². The third-order valence-electron chi connectivity index (χ3n) is 4.33. The normalized spacial score (nSPS) is 12.0. The maximum Gasteiger partial charge on any atom is 0.141 e. The van der Waals surface area contributed by atoms with E-state index >= 15 is 0 Å². The quantitative estimate of drug-likeness (QED) is 0.599. The Morgan fingerprint density at radius 3 is 2.85 bits per heavy atom. The second-order valence-electron chi connectivity index (χ2n) is 5.82. The van der Waals surface area contributed by atoms with Gasteiger partial charge in [-0.3, -0.25) is 4.68 Å². The summed E-state index contributed by atoms with van der Waals surface area (Å²) in [5.74, 6) is 0.779. The number of fused-ring (bicyclic) bond motifs is 1. The van der Waals surface area contributed by atoms with Gasteiger partial charge in [0.2, 0.25) is 0 Å². The van der Waals surface area contributed by atoms with Crippen molar-refractivity contribution in [3.05, 3.63) is 60.8 Å². The summed E-state index contributed by atoms with van der Waals surface area (Å²) in [7, 11) is 1.63. The highest BCUT2D eigenvalue weighted by Gasteiger charge is 2.17. The molecule has 1 aromatic carbocycles. The smallest absolute Gasteiger partial charge is 0.141 e.